The Morgan fingerprint density at radius 2 is 1.71 bits per heavy atom. The van der Waals surface area contributed by atoms with Crippen LogP contribution in [0.4, 0.5) is 0 Å². The summed E-state index contributed by atoms with van der Waals surface area (Å²) in [7, 11) is 2.23. The summed E-state index contributed by atoms with van der Waals surface area (Å²) in [5, 5.41) is 0. The molecule has 31 heavy (non-hydrogen) atoms. The normalized spacial score (nSPS) is 18.8. The van der Waals surface area contributed by atoms with Crippen molar-refractivity contribution in [3.05, 3.63) is 53.9 Å². The maximum atomic E-state index is 11.3. The number of likely N-dealkylation sites (tertiary alicyclic amines) is 1. The van der Waals surface area contributed by atoms with Gasteiger partial charge in [0, 0.05) is 38.5 Å². The molecule has 0 atom stereocenters. The SMILES string of the molecule is CC(=O)Cc1ccc(-c2ccc3c(c2)nc2n3CCN(C3CCN(C)CC3)CC2)cc1. The summed E-state index contributed by atoms with van der Waals surface area (Å²) in [5.41, 5.74) is 5.76. The van der Waals surface area contributed by atoms with Crippen molar-refractivity contribution in [2.24, 2.45) is 0 Å². The minimum absolute atomic E-state index is 0.197. The monoisotopic (exact) mass is 416 g/mol. The maximum absolute atomic E-state index is 11.3. The van der Waals surface area contributed by atoms with Crippen molar-refractivity contribution < 1.29 is 4.79 Å². The number of nitrogens with zero attached hydrogens (tertiary/aromatic N) is 4. The van der Waals surface area contributed by atoms with Crippen LogP contribution >= 0.6 is 0 Å². The number of piperidine rings is 1. The summed E-state index contributed by atoms with van der Waals surface area (Å²) in [6.45, 7) is 7.32. The molecule has 1 saturated heterocycles. The van der Waals surface area contributed by atoms with E-state index in [0.29, 0.717) is 6.42 Å². The average molecular weight is 417 g/mol. The number of hydrogen-bond acceptors (Lipinski definition) is 4. The first-order chi connectivity index (χ1) is 15.1. The van der Waals surface area contributed by atoms with E-state index in [-0.39, 0.29) is 5.78 Å². The lowest BCUT2D eigenvalue weighted by atomic mass is 10.0. The van der Waals surface area contributed by atoms with E-state index in [0.717, 1.165) is 43.2 Å². The fourth-order valence-electron chi connectivity index (χ4n) is 5.21. The topological polar surface area (TPSA) is 41.4 Å². The second-order valence-electron chi connectivity index (χ2n) is 9.28. The van der Waals surface area contributed by atoms with Crippen molar-refractivity contribution >= 4 is 16.8 Å². The van der Waals surface area contributed by atoms with Gasteiger partial charge in [0.2, 0.25) is 0 Å². The van der Waals surface area contributed by atoms with Crippen LogP contribution in [0, 0.1) is 0 Å². The molecule has 0 aliphatic carbocycles. The van der Waals surface area contributed by atoms with Gasteiger partial charge >= 0.3 is 0 Å². The molecule has 0 spiro atoms. The van der Waals surface area contributed by atoms with E-state index in [1.54, 1.807) is 6.92 Å². The summed E-state index contributed by atoms with van der Waals surface area (Å²) in [6.07, 6.45) is 4.10. The lowest BCUT2D eigenvalue weighted by molar-refractivity contribution is -0.116. The molecule has 5 nitrogen and oxygen atoms in total. The molecule has 0 unspecified atom stereocenters. The highest BCUT2D eigenvalue weighted by Crippen LogP contribution is 2.27. The third-order valence-corrected chi connectivity index (χ3v) is 7.01. The minimum atomic E-state index is 0.197. The Labute approximate surface area is 184 Å². The van der Waals surface area contributed by atoms with E-state index in [2.05, 4.69) is 63.9 Å². The maximum Gasteiger partial charge on any atom is 0.134 e. The zero-order valence-electron chi connectivity index (χ0n) is 18.7. The molecule has 5 rings (SSSR count). The van der Waals surface area contributed by atoms with E-state index >= 15 is 0 Å². The summed E-state index contributed by atoms with van der Waals surface area (Å²) in [4.78, 5) is 21.5. The molecule has 0 amide bonds. The Hall–Kier alpha value is -2.50. The van der Waals surface area contributed by atoms with Crippen LogP contribution in [0.15, 0.2) is 42.5 Å². The van der Waals surface area contributed by atoms with Gasteiger partial charge in [0.1, 0.15) is 11.6 Å². The van der Waals surface area contributed by atoms with Gasteiger partial charge in [-0.2, -0.15) is 0 Å². The highest BCUT2D eigenvalue weighted by molar-refractivity contribution is 5.83. The van der Waals surface area contributed by atoms with Gasteiger partial charge in [-0.25, -0.2) is 4.98 Å². The predicted molar refractivity (Wildman–Crippen MR) is 125 cm³/mol. The zero-order chi connectivity index (χ0) is 21.4. The van der Waals surface area contributed by atoms with Crippen LogP contribution in [0.3, 0.4) is 0 Å². The highest BCUT2D eigenvalue weighted by Gasteiger charge is 2.26. The number of rotatable bonds is 4. The highest BCUT2D eigenvalue weighted by atomic mass is 16.1. The lowest BCUT2D eigenvalue weighted by Crippen LogP contribution is -2.44. The number of imidazole rings is 1. The van der Waals surface area contributed by atoms with E-state index < -0.39 is 0 Å². The van der Waals surface area contributed by atoms with Crippen LogP contribution in [0.2, 0.25) is 0 Å². The third kappa shape index (κ3) is 4.30. The zero-order valence-corrected chi connectivity index (χ0v) is 18.7. The Morgan fingerprint density at radius 3 is 2.45 bits per heavy atom. The second kappa shape index (κ2) is 8.56. The van der Waals surface area contributed by atoms with Gasteiger partial charge in [-0.15, -0.1) is 0 Å². The number of benzene rings is 2. The largest absolute Gasteiger partial charge is 0.327 e. The molecule has 0 saturated carbocycles. The molecule has 2 aromatic carbocycles. The number of carbonyl (C=O) groups excluding carboxylic acids is 1. The van der Waals surface area contributed by atoms with Gasteiger partial charge in [-0.3, -0.25) is 9.69 Å². The molecule has 0 bridgehead atoms. The lowest BCUT2D eigenvalue weighted by Gasteiger charge is -2.36. The molecule has 0 N–H and O–H groups in total. The molecule has 2 aliphatic rings. The summed E-state index contributed by atoms with van der Waals surface area (Å²) in [5.74, 6) is 1.42. The Kier molecular flexibility index (Phi) is 5.63. The van der Waals surface area contributed by atoms with E-state index in [4.69, 9.17) is 4.98 Å². The standard InChI is InChI=1S/C26H32N4O/c1-19(31)17-20-3-5-21(6-4-20)22-7-8-25-24(18-22)27-26-11-14-29(15-16-30(25)26)23-9-12-28(2)13-10-23/h3-8,18,23H,9-17H2,1-2H3. The molecule has 1 fully saturated rings. The van der Waals surface area contributed by atoms with E-state index in [9.17, 15) is 4.79 Å². The van der Waals surface area contributed by atoms with Crippen molar-refractivity contribution in [3.63, 3.8) is 0 Å². The Morgan fingerprint density at radius 1 is 0.968 bits per heavy atom. The summed E-state index contributed by atoms with van der Waals surface area (Å²) in [6, 6.07) is 15.7. The van der Waals surface area contributed by atoms with Crippen molar-refractivity contribution in [3.8, 4) is 11.1 Å². The second-order valence-corrected chi connectivity index (χ2v) is 9.28. The number of Topliss-reactive ketones (excluding diaryl/α,β-unsaturated/α-hetero) is 1. The number of aromatic nitrogens is 2. The number of hydrogen-bond donors (Lipinski definition) is 0. The molecule has 3 aromatic rings. The van der Waals surface area contributed by atoms with Crippen molar-refractivity contribution in [1.82, 2.24) is 19.4 Å². The molecular weight excluding hydrogens is 384 g/mol. The first-order valence-electron chi connectivity index (χ1n) is 11.6. The summed E-state index contributed by atoms with van der Waals surface area (Å²) < 4.78 is 2.43. The van der Waals surface area contributed by atoms with Gasteiger partial charge in [0.15, 0.2) is 0 Å². The summed E-state index contributed by atoms with van der Waals surface area (Å²) >= 11 is 0. The first-order valence-corrected chi connectivity index (χ1v) is 11.6. The molecular formula is C26H32N4O. The Bertz CT molecular complexity index is 1080. The fourth-order valence-corrected chi connectivity index (χ4v) is 5.21. The molecule has 3 heterocycles. The quantitative estimate of drug-likeness (QED) is 0.649. The van der Waals surface area contributed by atoms with Crippen LogP contribution < -0.4 is 0 Å². The first kappa shape index (κ1) is 20.4. The van der Waals surface area contributed by atoms with Gasteiger partial charge in [0.25, 0.3) is 0 Å². The van der Waals surface area contributed by atoms with Crippen LogP contribution in [-0.2, 0) is 24.2 Å². The van der Waals surface area contributed by atoms with Crippen LogP contribution in [0.25, 0.3) is 22.2 Å². The van der Waals surface area contributed by atoms with Gasteiger partial charge < -0.3 is 9.47 Å². The number of ketones is 1. The van der Waals surface area contributed by atoms with Gasteiger partial charge in [-0.05, 0) is 68.7 Å². The third-order valence-electron chi connectivity index (χ3n) is 7.01. The molecule has 1 aromatic heterocycles. The number of fused-ring (bicyclic) bond motifs is 3. The van der Waals surface area contributed by atoms with Crippen molar-refractivity contribution in [2.45, 2.75) is 45.2 Å². The predicted octanol–water partition coefficient (Wildman–Crippen LogP) is 3.79. The Balaban J connectivity index is 1.34. The molecule has 162 valence electrons. The van der Waals surface area contributed by atoms with Crippen molar-refractivity contribution in [2.75, 3.05) is 33.2 Å². The van der Waals surface area contributed by atoms with Crippen LogP contribution in [-0.4, -0.2) is 64.4 Å². The molecule has 5 heteroatoms. The molecule has 0 radical (unpaired) electrons. The van der Waals surface area contributed by atoms with Crippen LogP contribution in [0.5, 0.6) is 0 Å². The van der Waals surface area contributed by atoms with Gasteiger partial charge in [-0.1, -0.05) is 30.3 Å². The average Bonchev–Trinajstić information content (AvgIpc) is 2.98. The van der Waals surface area contributed by atoms with E-state index in [1.807, 2.05) is 0 Å². The van der Waals surface area contributed by atoms with Gasteiger partial charge in [0.05, 0.1) is 11.0 Å². The van der Waals surface area contributed by atoms with Crippen LogP contribution in [0.1, 0.15) is 31.2 Å². The van der Waals surface area contributed by atoms with Crippen molar-refractivity contribution in [1.29, 1.82) is 0 Å². The minimum Gasteiger partial charge on any atom is -0.327 e. The number of carbonyl (C=O) groups is 1. The van der Waals surface area contributed by atoms with E-state index in [1.165, 1.54) is 48.4 Å². The smallest absolute Gasteiger partial charge is 0.134 e. The molecule has 2 aliphatic heterocycles. The fraction of sp³-hybridized carbons (Fsp3) is 0.462.